The molecule has 2 N–H and O–H groups in total. The number of amides is 1. The molecular weight excluding hydrogens is 330 g/mol. The van der Waals surface area contributed by atoms with Crippen molar-refractivity contribution in [2.45, 2.75) is 26.7 Å². The highest BCUT2D eigenvalue weighted by Gasteiger charge is 2.19. The highest BCUT2D eigenvalue weighted by atomic mass is 79.9. The van der Waals surface area contributed by atoms with E-state index < -0.39 is 0 Å². The Balaban J connectivity index is 2.57. The average molecular weight is 349 g/mol. The summed E-state index contributed by atoms with van der Waals surface area (Å²) in [5, 5.41) is 12.4. The molecule has 106 valence electrons. The summed E-state index contributed by atoms with van der Waals surface area (Å²) in [6.45, 7) is 4.78. The molecule has 0 fully saturated rings. The quantitative estimate of drug-likeness (QED) is 0.765. The standard InChI is InChI=1S/C14H19BrClNO2/c1-14(2,6-3-7-16)9-17-13(19)10-4-5-11(15)12(18)8-10/h4-5,8,18H,3,6-7,9H2,1-2H3,(H,17,19). The van der Waals surface area contributed by atoms with Crippen molar-refractivity contribution in [2.75, 3.05) is 12.4 Å². The van der Waals surface area contributed by atoms with Crippen LogP contribution in [0.1, 0.15) is 37.0 Å². The summed E-state index contributed by atoms with van der Waals surface area (Å²) in [5.41, 5.74) is 0.468. The summed E-state index contributed by atoms with van der Waals surface area (Å²) in [4.78, 5) is 12.0. The van der Waals surface area contributed by atoms with Crippen LogP contribution in [-0.4, -0.2) is 23.4 Å². The highest BCUT2D eigenvalue weighted by Crippen LogP contribution is 2.25. The van der Waals surface area contributed by atoms with Crippen LogP contribution in [0.5, 0.6) is 5.75 Å². The third-order valence-corrected chi connectivity index (χ3v) is 3.86. The molecule has 0 heterocycles. The van der Waals surface area contributed by atoms with Gasteiger partial charge >= 0.3 is 0 Å². The molecule has 1 aromatic carbocycles. The number of carbonyl (C=O) groups excluding carboxylic acids is 1. The van der Waals surface area contributed by atoms with E-state index in [2.05, 4.69) is 35.1 Å². The largest absolute Gasteiger partial charge is 0.507 e. The number of hydrogen-bond acceptors (Lipinski definition) is 2. The molecule has 3 nitrogen and oxygen atoms in total. The lowest BCUT2D eigenvalue weighted by Gasteiger charge is -2.24. The fourth-order valence-corrected chi connectivity index (χ4v) is 2.09. The Morgan fingerprint density at radius 1 is 1.47 bits per heavy atom. The van der Waals surface area contributed by atoms with Gasteiger partial charge in [0.1, 0.15) is 5.75 Å². The van der Waals surface area contributed by atoms with Crippen molar-refractivity contribution in [1.82, 2.24) is 5.32 Å². The smallest absolute Gasteiger partial charge is 0.251 e. The van der Waals surface area contributed by atoms with Crippen molar-refractivity contribution < 1.29 is 9.90 Å². The van der Waals surface area contributed by atoms with Crippen molar-refractivity contribution in [2.24, 2.45) is 5.41 Å². The number of rotatable bonds is 6. The zero-order valence-electron chi connectivity index (χ0n) is 11.2. The molecule has 0 unspecified atom stereocenters. The first-order chi connectivity index (χ1) is 8.85. The summed E-state index contributed by atoms with van der Waals surface area (Å²) >= 11 is 8.86. The van der Waals surface area contributed by atoms with Gasteiger partial charge in [0.05, 0.1) is 4.47 Å². The molecule has 1 amide bonds. The number of aromatic hydroxyl groups is 1. The first-order valence-electron chi connectivity index (χ1n) is 6.18. The van der Waals surface area contributed by atoms with E-state index in [1.54, 1.807) is 12.1 Å². The minimum Gasteiger partial charge on any atom is -0.507 e. The number of phenols is 1. The van der Waals surface area contributed by atoms with Gasteiger partial charge in [-0.25, -0.2) is 0 Å². The second-order valence-electron chi connectivity index (χ2n) is 5.31. The van der Waals surface area contributed by atoms with Crippen LogP contribution in [-0.2, 0) is 0 Å². The molecule has 0 saturated carbocycles. The van der Waals surface area contributed by atoms with Gasteiger partial charge in [-0.05, 0) is 52.4 Å². The second-order valence-corrected chi connectivity index (χ2v) is 6.54. The lowest BCUT2D eigenvalue weighted by molar-refractivity contribution is 0.0934. The Kier molecular flexibility index (Phi) is 6.14. The lowest BCUT2D eigenvalue weighted by Crippen LogP contribution is -2.34. The number of benzene rings is 1. The van der Waals surface area contributed by atoms with Gasteiger partial charge in [-0.2, -0.15) is 0 Å². The Morgan fingerprint density at radius 3 is 2.74 bits per heavy atom. The van der Waals surface area contributed by atoms with Crippen LogP contribution < -0.4 is 5.32 Å². The van der Waals surface area contributed by atoms with Gasteiger partial charge in [-0.3, -0.25) is 4.79 Å². The highest BCUT2D eigenvalue weighted by molar-refractivity contribution is 9.10. The van der Waals surface area contributed by atoms with Gasteiger partial charge < -0.3 is 10.4 Å². The van der Waals surface area contributed by atoms with Crippen LogP contribution in [0.4, 0.5) is 0 Å². The Morgan fingerprint density at radius 2 is 2.16 bits per heavy atom. The molecule has 5 heteroatoms. The van der Waals surface area contributed by atoms with E-state index in [1.807, 2.05) is 0 Å². The summed E-state index contributed by atoms with van der Waals surface area (Å²) < 4.78 is 0.575. The Bertz CT molecular complexity index is 449. The van der Waals surface area contributed by atoms with Crippen LogP contribution >= 0.6 is 27.5 Å². The van der Waals surface area contributed by atoms with Gasteiger partial charge in [-0.15, -0.1) is 11.6 Å². The molecule has 0 aliphatic rings. The molecule has 0 bridgehead atoms. The second kappa shape index (κ2) is 7.15. The summed E-state index contributed by atoms with van der Waals surface area (Å²) in [5.74, 6) is 0.522. The van der Waals surface area contributed by atoms with Gasteiger partial charge in [0.2, 0.25) is 0 Å². The summed E-state index contributed by atoms with van der Waals surface area (Å²) in [7, 11) is 0. The SMILES string of the molecule is CC(C)(CCCCl)CNC(=O)c1ccc(Br)c(O)c1. The third kappa shape index (κ3) is 5.41. The fourth-order valence-electron chi connectivity index (χ4n) is 1.71. The van der Waals surface area contributed by atoms with Gasteiger partial charge in [0.15, 0.2) is 0 Å². The molecule has 1 aromatic rings. The van der Waals surface area contributed by atoms with E-state index in [-0.39, 0.29) is 17.1 Å². The van der Waals surface area contributed by atoms with Crippen LogP contribution in [0.2, 0.25) is 0 Å². The topological polar surface area (TPSA) is 49.3 Å². The molecule has 19 heavy (non-hydrogen) atoms. The Labute approximate surface area is 127 Å². The molecule has 1 rings (SSSR count). The number of phenolic OH excluding ortho intramolecular Hbond substituents is 1. The van der Waals surface area contributed by atoms with Crippen molar-refractivity contribution in [3.63, 3.8) is 0 Å². The zero-order valence-corrected chi connectivity index (χ0v) is 13.5. The maximum Gasteiger partial charge on any atom is 0.251 e. The van der Waals surface area contributed by atoms with Crippen molar-refractivity contribution in [3.05, 3.63) is 28.2 Å². The van der Waals surface area contributed by atoms with Crippen LogP contribution in [0.25, 0.3) is 0 Å². The normalized spacial score (nSPS) is 11.4. The molecule has 0 spiro atoms. The molecule has 0 radical (unpaired) electrons. The van der Waals surface area contributed by atoms with Crippen LogP contribution in [0.15, 0.2) is 22.7 Å². The van der Waals surface area contributed by atoms with E-state index in [0.717, 1.165) is 12.8 Å². The number of hydrogen-bond donors (Lipinski definition) is 2. The van der Waals surface area contributed by atoms with Crippen molar-refractivity contribution >= 4 is 33.4 Å². The van der Waals surface area contributed by atoms with Gasteiger partial charge in [-0.1, -0.05) is 13.8 Å². The van der Waals surface area contributed by atoms with Crippen LogP contribution in [0, 0.1) is 5.41 Å². The first-order valence-corrected chi connectivity index (χ1v) is 7.51. The average Bonchev–Trinajstić information content (AvgIpc) is 2.37. The third-order valence-electron chi connectivity index (χ3n) is 2.92. The maximum atomic E-state index is 12.0. The summed E-state index contributed by atoms with van der Waals surface area (Å²) in [6, 6.07) is 4.78. The number of carbonyl (C=O) groups is 1. The first kappa shape index (κ1) is 16.3. The van der Waals surface area contributed by atoms with Crippen molar-refractivity contribution in [3.8, 4) is 5.75 Å². The van der Waals surface area contributed by atoms with Gasteiger partial charge in [0.25, 0.3) is 5.91 Å². The minimum absolute atomic E-state index is 0.0158. The predicted molar refractivity (Wildman–Crippen MR) is 81.9 cm³/mol. The van der Waals surface area contributed by atoms with E-state index >= 15 is 0 Å². The Hall–Kier alpha value is -0.740. The maximum absolute atomic E-state index is 12.0. The van der Waals surface area contributed by atoms with Gasteiger partial charge in [0, 0.05) is 18.0 Å². The minimum atomic E-state index is -0.179. The lowest BCUT2D eigenvalue weighted by atomic mass is 9.88. The predicted octanol–water partition coefficient (Wildman–Crippen LogP) is 3.93. The number of nitrogens with one attached hydrogen (secondary N) is 1. The molecule has 0 atom stereocenters. The monoisotopic (exact) mass is 347 g/mol. The van der Waals surface area contributed by atoms with E-state index in [1.165, 1.54) is 6.07 Å². The number of halogens is 2. The van der Waals surface area contributed by atoms with E-state index in [0.29, 0.717) is 22.5 Å². The van der Waals surface area contributed by atoms with Crippen molar-refractivity contribution in [1.29, 1.82) is 0 Å². The molecule has 0 aromatic heterocycles. The number of alkyl halides is 1. The fraction of sp³-hybridized carbons (Fsp3) is 0.500. The molecule has 0 aliphatic carbocycles. The van der Waals surface area contributed by atoms with E-state index in [4.69, 9.17) is 11.6 Å². The molecular formula is C14H19BrClNO2. The summed E-state index contributed by atoms with van der Waals surface area (Å²) in [6.07, 6.45) is 1.89. The van der Waals surface area contributed by atoms with E-state index in [9.17, 15) is 9.90 Å². The zero-order chi connectivity index (χ0) is 14.5. The molecule has 0 saturated heterocycles. The van der Waals surface area contributed by atoms with Crippen LogP contribution in [0.3, 0.4) is 0 Å². The molecule has 0 aliphatic heterocycles.